The number of oxime groups is 1. The molecule has 1 aromatic heterocycles. The summed E-state index contributed by atoms with van der Waals surface area (Å²) in [5.41, 5.74) is -1.03. The first-order valence-corrected chi connectivity index (χ1v) is 10.5. The second-order valence-corrected chi connectivity index (χ2v) is 7.78. The van der Waals surface area contributed by atoms with E-state index in [1.807, 2.05) is 5.32 Å². The van der Waals surface area contributed by atoms with E-state index < -0.39 is 41.3 Å². The Labute approximate surface area is 205 Å². The lowest BCUT2D eigenvalue weighted by Crippen LogP contribution is -2.59. The summed E-state index contributed by atoms with van der Waals surface area (Å²) in [5, 5.41) is 7.86. The van der Waals surface area contributed by atoms with Crippen LogP contribution < -0.4 is 10.6 Å². The molecule has 1 saturated heterocycles. The number of nitrogens with one attached hydrogen (secondary N) is 2. The number of benzene rings is 1. The van der Waals surface area contributed by atoms with Crippen LogP contribution in [-0.4, -0.2) is 47.0 Å². The van der Waals surface area contributed by atoms with Gasteiger partial charge < -0.3 is 10.2 Å². The van der Waals surface area contributed by atoms with Gasteiger partial charge in [0.05, 0.1) is 21.8 Å². The quantitative estimate of drug-likeness (QED) is 0.230. The number of rotatable bonds is 8. The molecule has 1 fully saturated rings. The van der Waals surface area contributed by atoms with Gasteiger partial charge in [0.25, 0.3) is 0 Å². The maximum absolute atomic E-state index is 13.7. The lowest BCUT2D eigenvalue weighted by molar-refractivity contribution is -0.140. The van der Waals surface area contributed by atoms with E-state index in [1.165, 1.54) is 12.1 Å². The van der Waals surface area contributed by atoms with Gasteiger partial charge in [-0.15, -0.1) is 0 Å². The highest BCUT2D eigenvalue weighted by molar-refractivity contribution is 6.33. The van der Waals surface area contributed by atoms with Crippen molar-refractivity contribution in [2.75, 3.05) is 18.4 Å². The normalized spacial score (nSPS) is 16.6. The predicted octanol–water partition coefficient (Wildman–Crippen LogP) is 3.86. The van der Waals surface area contributed by atoms with Crippen LogP contribution in [0.25, 0.3) is 0 Å². The van der Waals surface area contributed by atoms with Crippen LogP contribution >= 0.6 is 23.2 Å². The minimum Gasteiger partial charge on any atom is -0.391 e. The van der Waals surface area contributed by atoms with Crippen molar-refractivity contribution in [2.45, 2.75) is 12.8 Å². The van der Waals surface area contributed by atoms with Crippen molar-refractivity contribution in [1.82, 2.24) is 15.2 Å². The molecule has 35 heavy (non-hydrogen) atoms. The summed E-state index contributed by atoms with van der Waals surface area (Å²) in [5.74, 6) is -4.13. The molecule has 1 aromatic carbocycles. The second-order valence-electron chi connectivity index (χ2n) is 6.97. The Hall–Kier alpha value is -3.45. The van der Waals surface area contributed by atoms with Crippen molar-refractivity contribution in [1.29, 1.82) is 0 Å². The van der Waals surface area contributed by atoms with Gasteiger partial charge in [-0.1, -0.05) is 34.4 Å². The number of nitrogens with zero attached hydrogens (tertiary/aromatic N) is 3. The molecule has 15 heteroatoms. The Morgan fingerprint density at radius 2 is 1.97 bits per heavy atom. The fraction of sp³-hybridized carbons (Fsp3) is 0.250. The van der Waals surface area contributed by atoms with Gasteiger partial charge in [0.2, 0.25) is 11.8 Å². The Bertz CT molecular complexity index is 1160. The Balaban J connectivity index is 1.58. The van der Waals surface area contributed by atoms with Crippen LogP contribution in [0, 0.1) is 11.7 Å². The van der Waals surface area contributed by atoms with Crippen molar-refractivity contribution in [2.24, 2.45) is 11.1 Å². The summed E-state index contributed by atoms with van der Waals surface area (Å²) < 4.78 is 51.9. The highest BCUT2D eigenvalue weighted by atomic mass is 35.5. The number of barbiturate groups is 1. The van der Waals surface area contributed by atoms with Gasteiger partial charge in [0, 0.05) is 24.8 Å². The van der Waals surface area contributed by atoms with Crippen molar-refractivity contribution in [3.05, 3.63) is 57.5 Å². The monoisotopic (exact) mass is 535 g/mol. The smallest absolute Gasteiger partial charge is 0.391 e. The number of anilines is 1. The minimum atomic E-state index is -4.62. The number of carbonyl (C=O) groups excluding carboxylic acids is 3. The first-order chi connectivity index (χ1) is 16.5. The fourth-order valence-electron chi connectivity index (χ4n) is 2.86. The molecule has 2 aromatic rings. The summed E-state index contributed by atoms with van der Waals surface area (Å²) in [6.07, 6.45) is -3.21. The van der Waals surface area contributed by atoms with E-state index in [9.17, 15) is 31.9 Å². The van der Waals surface area contributed by atoms with Crippen LogP contribution in [-0.2, 0) is 27.2 Å². The molecular formula is C20H15Cl2F4N5O4. The molecule has 1 aliphatic heterocycles. The number of pyridine rings is 1. The zero-order chi connectivity index (χ0) is 25.8. The third-order valence-corrected chi connectivity index (χ3v) is 5.28. The standard InChI is InChI=1S/C20H15Cl2F4N5O4/c21-13-2-1-3-15(23)12(13)9-35-29-8-11-17(32)30-19(34)31(18(11)33)5-4-27-16-14(22)6-10(7-28-16)20(24,25)26/h1-3,6-8,11H,4-5,9H2,(H,27,28)(H,30,32,34)/b29-8-/t11-/m1/s1. The van der Waals surface area contributed by atoms with Gasteiger partial charge in [-0.25, -0.2) is 14.2 Å². The summed E-state index contributed by atoms with van der Waals surface area (Å²) in [6, 6.07) is 3.68. The molecule has 0 radical (unpaired) electrons. The highest BCUT2D eigenvalue weighted by Crippen LogP contribution is 2.32. The van der Waals surface area contributed by atoms with Gasteiger partial charge in [0.15, 0.2) is 5.92 Å². The number of aromatic nitrogens is 1. The minimum absolute atomic E-state index is 0.0177. The Kier molecular flexibility index (Phi) is 8.12. The van der Waals surface area contributed by atoms with Gasteiger partial charge in [-0.2, -0.15) is 13.2 Å². The molecule has 2 N–H and O–H groups in total. The lowest BCUT2D eigenvalue weighted by atomic mass is 10.1. The fourth-order valence-corrected chi connectivity index (χ4v) is 3.31. The maximum atomic E-state index is 13.7. The van der Waals surface area contributed by atoms with Crippen LogP contribution in [0.15, 0.2) is 35.6 Å². The first kappa shape index (κ1) is 26.2. The third kappa shape index (κ3) is 6.36. The Morgan fingerprint density at radius 3 is 2.63 bits per heavy atom. The molecule has 0 bridgehead atoms. The van der Waals surface area contributed by atoms with Gasteiger partial charge in [-0.3, -0.25) is 19.8 Å². The summed E-state index contributed by atoms with van der Waals surface area (Å²) in [4.78, 5) is 45.9. The van der Waals surface area contributed by atoms with Gasteiger partial charge in [0.1, 0.15) is 18.2 Å². The molecule has 0 saturated carbocycles. The Morgan fingerprint density at radius 1 is 1.23 bits per heavy atom. The molecule has 2 heterocycles. The van der Waals surface area contributed by atoms with Crippen molar-refractivity contribution in [3.8, 4) is 0 Å². The maximum Gasteiger partial charge on any atom is 0.417 e. The number of carbonyl (C=O) groups is 3. The van der Waals surface area contributed by atoms with E-state index in [2.05, 4.69) is 15.5 Å². The van der Waals surface area contributed by atoms with Crippen molar-refractivity contribution >= 4 is 53.1 Å². The van der Waals surface area contributed by atoms with Crippen molar-refractivity contribution in [3.63, 3.8) is 0 Å². The van der Waals surface area contributed by atoms with E-state index in [4.69, 9.17) is 28.0 Å². The molecule has 0 aliphatic carbocycles. The molecule has 0 spiro atoms. The van der Waals surface area contributed by atoms with Crippen LogP contribution in [0.4, 0.5) is 28.2 Å². The van der Waals surface area contributed by atoms with E-state index in [-0.39, 0.29) is 41.1 Å². The molecule has 1 atom stereocenters. The first-order valence-electron chi connectivity index (χ1n) is 9.70. The second kappa shape index (κ2) is 10.9. The molecular weight excluding hydrogens is 521 g/mol. The highest BCUT2D eigenvalue weighted by Gasteiger charge is 2.39. The van der Waals surface area contributed by atoms with E-state index in [0.29, 0.717) is 17.2 Å². The molecule has 0 unspecified atom stereocenters. The predicted molar refractivity (Wildman–Crippen MR) is 116 cm³/mol. The third-order valence-electron chi connectivity index (χ3n) is 4.64. The molecule has 9 nitrogen and oxygen atoms in total. The summed E-state index contributed by atoms with van der Waals surface area (Å²) in [7, 11) is 0. The van der Waals surface area contributed by atoms with Gasteiger partial charge >= 0.3 is 12.2 Å². The molecule has 1 aliphatic rings. The van der Waals surface area contributed by atoms with E-state index >= 15 is 0 Å². The average molecular weight is 536 g/mol. The average Bonchev–Trinajstić information content (AvgIpc) is 2.77. The number of amides is 4. The number of urea groups is 1. The number of hydrogen-bond acceptors (Lipinski definition) is 7. The molecule has 186 valence electrons. The number of halogens is 6. The molecule has 3 rings (SSSR count). The van der Waals surface area contributed by atoms with Crippen LogP contribution in [0.2, 0.25) is 10.0 Å². The number of hydrogen-bond donors (Lipinski definition) is 2. The summed E-state index contributed by atoms with van der Waals surface area (Å²) >= 11 is 11.7. The van der Waals surface area contributed by atoms with Gasteiger partial charge in [-0.05, 0) is 18.2 Å². The van der Waals surface area contributed by atoms with Crippen LogP contribution in [0.1, 0.15) is 11.1 Å². The number of alkyl halides is 3. The van der Waals surface area contributed by atoms with Crippen LogP contribution in [0.3, 0.4) is 0 Å². The molecule has 4 amide bonds. The zero-order valence-corrected chi connectivity index (χ0v) is 18.9. The lowest BCUT2D eigenvalue weighted by Gasteiger charge is -2.28. The largest absolute Gasteiger partial charge is 0.417 e. The van der Waals surface area contributed by atoms with E-state index in [1.54, 1.807) is 0 Å². The van der Waals surface area contributed by atoms with Crippen LogP contribution in [0.5, 0.6) is 0 Å². The SMILES string of the molecule is O=C1NC(=O)N(CCNc2ncc(C(F)(F)F)cc2Cl)C(=O)[C@@H]1/C=N\OCc1c(F)cccc1Cl. The number of imide groups is 2. The topological polar surface area (TPSA) is 113 Å². The van der Waals surface area contributed by atoms with E-state index in [0.717, 1.165) is 12.3 Å². The zero-order valence-electron chi connectivity index (χ0n) is 17.4. The van der Waals surface area contributed by atoms with Crippen molar-refractivity contribution < 1.29 is 36.8 Å². The summed E-state index contributed by atoms with van der Waals surface area (Å²) in [6.45, 7) is -0.803.